The van der Waals surface area contributed by atoms with Crippen LogP contribution in [0, 0.1) is 6.92 Å². The minimum atomic E-state index is -0.580. The van der Waals surface area contributed by atoms with E-state index in [-0.39, 0.29) is 10.7 Å². The van der Waals surface area contributed by atoms with Crippen LogP contribution in [0.25, 0.3) is 11.3 Å². The molecule has 0 aliphatic heterocycles. The van der Waals surface area contributed by atoms with Gasteiger partial charge in [-0.05, 0) is 19.9 Å². The van der Waals surface area contributed by atoms with Crippen molar-refractivity contribution in [2.24, 2.45) is 0 Å². The topological polar surface area (TPSA) is 51.2 Å². The summed E-state index contributed by atoms with van der Waals surface area (Å²) >= 11 is 6.24. The number of benzene rings is 1. The molecular formula is C17H17ClN2O2. The Morgan fingerprint density at radius 2 is 1.95 bits per heavy atom. The molecule has 0 aliphatic rings. The lowest BCUT2D eigenvalue weighted by Crippen LogP contribution is -2.08. The number of aromatic nitrogens is 1. The van der Waals surface area contributed by atoms with Crippen LogP contribution in [-0.4, -0.2) is 18.1 Å². The largest absolute Gasteiger partial charge is 0.464 e. The van der Waals surface area contributed by atoms with E-state index in [0.29, 0.717) is 17.1 Å². The maximum absolute atomic E-state index is 11.9. The Morgan fingerprint density at radius 1 is 1.32 bits per heavy atom. The summed E-state index contributed by atoms with van der Waals surface area (Å²) < 4.78 is 4.75. The number of hydrogen-bond donors (Lipinski definition) is 1. The molecule has 0 saturated heterocycles. The van der Waals surface area contributed by atoms with Crippen molar-refractivity contribution in [3.8, 4) is 11.3 Å². The molecule has 4 nitrogen and oxygen atoms in total. The fourth-order valence-corrected chi connectivity index (χ4v) is 2.18. The van der Waals surface area contributed by atoms with Crippen molar-refractivity contribution in [1.29, 1.82) is 0 Å². The summed E-state index contributed by atoms with van der Waals surface area (Å²) in [5, 5.41) is 3.25. The van der Waals surface area contributed by atoms with Crippen LogP contribution < -0.4 is 5.32 Å². The summed E-state index contributed by atoms with van der Waals surface area (Å²) in [4.78, 5) is 16.2. The monoisotopic (exact) mass is 316 g/mol. The van der Waals surface area contributed by atoms with Gasteiger partial charge in [-0.15, -0.1) is 0 Å². The maximum atomic E-state index is 11.9. The molecule has 2 aromatic rings. The van der Waals surface area contributed by atoms with Gasteiger partial charge in [0.15, 0.2) is 5.69 Å². The molecule has 0 amide bonds. The van der Waals surface area contributed by atoms with Crippen molar-refractivity contribution >= 4 is 23.3 Å². The molecule has 0 bridgehead atoms. The number of ether oxygens (including phenoxy) is 1. The second-order valence-corrected chi connectivity index (χ2v) is 5.36. The highest BCUT2D eigenvalue weighted by atomic mass is 35.5. The van der Waals surface area contributed by atoms with Crippen LogP contribution in [0.4, 0.5) is 5.69 Å². The molecule has 0 spiro atoms. The van der Waals surface area contributed by atoms with Crippen LogP contribution in [0.5, 0.6) is 0 Å². The molecule has 0 aliphatic carbocycles. The van der Waals surface area contributed by atoms with Crippen LogP contribution >= 0.6 is 11.6 Å². The quantitative estimate of drug-likeness (QED) is 0.847. The molecule has 0 fully saturated rings. The van der Waals surface area contributed by atoms with Crippen LogP contribution in [0.15, 0.2) is 42.6 Å². The normalized spacial score (nSPS) is 10.2. The summed E-state index contributed by atoms with van der Waals surface area (Å²) in [6, 6.07) is 9.63. The Labute approximate surface area is 134 Å². The third-order valence-corrected chi connectivity index (χ3v) is 3.41. The zero-order chi connectivity index (χ0) is 16.3. The molecule has 114 valence electrons. The highest BCUT2D eigenvalue weighted by Crippen LogP contribution is 2.31. The van der Waals surface area contributed by atoms with Crippen molar-refractivity contribution in [3.05, 3.63) is 58.9 Å². The summed E-state index contributed by atoms with van der Waals surface area (Å²) in [6.07, 6.45) is 0. The second-order valence-electron chi connectivity index (χ2n) is 4.98. The average molecular weight is 317 g/mol. The predicted molar refractivity (Wildman–Crippen MR) is 89.2 cm³/mol. The number of anilines is 1. The molecule has 0 saturated carbocycles. The number of pyridine rings is 1. The van der Waals surface area contributed by atoms with E-state index in [1.165, 1.54) is 7.11 Å². The molecule has 5 heteroatoms. The van der Waals surface area contributed by atoms with E-state index in [2.05, 4.69) is 16.9 Å². The second kappa shape index (κ2) is 6.62. The first-order valence-corrected chi connectivity index (χ1v) is 7.08. The van der Waals surface area contributed by atoms with E-state index in [1.807, 2.05) is 31.2 Å². The molecule has 1 heterocycles. The Balaban J connectivity index is 2.61. The van der Waals surface area contributed by atoms with Gasteiger partial charge in [0.1, 0.15) is 0 Å². The lowest BCUT2D eigenvalue weighted by Gasteiger charge is -2.13. The Bertz CT molecular complexity index is 724. The van der Waals surface area contributed by atoms with Gasteiger partial charge in [0, 0.05) is 11.3 Å². The van der Waals surface area contributed by atoms with Crippen molar-refractivity contribution in [1.82, 2.24) is 4.98 Å². The van der Waals surface area contributed by atoms with E-state index in [0.717, 1.165) is 11.1 Å². The SMILES string of the molecule is C=C(C)Nc1cc(-c2ccc(C)cc2)nc(C(=O)OC)c1Cl. The van der Waals surface area contributed by atoms with Gasteiger partial charge in [-0.3, -0.25) is 0 Å². The number of nitrogens with zero attached hydrogens (tertiary/aromatic N) is 1. The third-order valence-electron chi connectivity index (χ3n) is 3.03. The van der Waals surface area contributed by atoms with Crippen molar-refractivity contribution in [3.63, 3.8) is 0 Å². The van der Waals surface area contributed by atoms with Crippen molar-refractivity contribution in [2.45, 2.75) is 13.8 Å². The molecule has 0 unspecified atom stereocenters. The lowest BCUT2D eigenvalue weighted by molar-refractivity contribution is 0.0594. The predicted octanol–water partition coefficient (Wildman–Crippen LogP) is 4.44. The van der Waals surface area contributed by atoms with Gasteiger partial charge in [0.05, 0.1) is 23.5 Å². The number of carbonyl (C=O) groups excluding carboxylic acids is 1. The van der Waals surface area contributed by atoms with Gasteiger partial charge in [0.25, 0.3) is 0 Å². The fourth-order valence-electron chi connectivity index (χ4n) is 1.95. The number of hydrogen-bond acceptors (Lipinski definition) is 4. The average Bonchev–Trinajstić information content (AvgIpc) is 2.49. The van der Waals surface area contributed by atoms with Crippen LogP contribution in [-0.2, 0) is 4.74 Å². The minimum absolute atomic E-state index is 0.0750. The van der Waals surface area contributed by atoms with Crippen LogP contribution in [0.1, 0.15) is 23.0 Å². The highest BCUT2D eigenvalue weighted by Gasteiger charge is 2.18. The van der Waals surface area contributed by atoms with E-state index in [4.69, 9.17) is 16.3 Å². The third kappa shape index (κ3) is 3.46. The van der Waals surface area contributed by atoms with Gasteiger partial charge >= 0.3 is 5.97 Å². The highest BCUT2D eigenvalue weighted by molar-refractivity contribution is 6.36. The van der Waals surface area contributed by atoms with Crippen LogP contribution in [0.2, 0.25) is 5.02 Å². The molecule has 1 aromatic carbocycles. The number of allylic oxidation sites excluding steroid dienone is 1. The molecule has 22 heavy (non-hydrogen) atoms. The first-order chi connectivity index (χ1) is 10.4. The van der Waals surface area contributed by atoms with Crippen molar-refractivity contribution in [2.75, 3.05) is 12.4 Å². The fraction of sp³-hybridized carbons (Fsp3) is 0.176. The van der Waals surface area contributed by atoms with Gasteiger partial charge < -0.3 is 10.1 Å². The van der Waals surface area contributed by atoms with Gasteiger partial charge in [-0.1, -0.05) is 48.0 Å². The summed E-state index contributed by atoms with van der Waals surface area (Å²) in [7, 11) is 1.30. The number of halogens is 1. The molecular weight excluding hydrogens is 300 g/mol. The van der Waals surface area contributed by atoms with Gasteiger partial charge in [0.2, 0.25) is 0 Å². The number of esters is 1. The number of carbonyl (C=O) groups is 1. The number of nitrogens with one attached hydrogen (secondary N) is 1. The maximum Gasteiger partial charge on any atom is 0.358 e. The smallest absolute Gasteiger partial charge is 0.358 e. The zero-order valence-corrected chi connectivity index (χ0v) is 13.5. The zero-order valence-electron chi connectivity index (χ0n) is 12.7. The Kier molecular flexibility index (Phi) is 4.83. The summed E-state index contributed by atoms with van der Waals surface area (Å²) in [5.74, 6) is -0.580. The van der Waals surface area contributed by atoms with Crippen LogP contribution in [0.3, 0.4) is 0 Å². The van der Waals surface area contributed by atoms with Crippen molar-refractivity contribution < 1.29 is 9.53 Å². The summed E-state index contributed by atoms with van der Waals surface area (Å²) in [5.41, 5.74) is 4.02. The molecule has 1 aromatic heterocycles. The first-order valence-electron chi connectivity index (χ1n) is 6.70. The minimum Gasteiger partial charge on any atom is -0.464 e. The number of rotatable bonds is 4. The molecule has 0 radical (unpaired) electrons. The number of aryl methyl sites for hydroxylation is 1. The summed E-state index contributed by atoms with van der Waals surface area (Å²) in [6.45, 7) is 7.61. The Hall–Kier alpha value is -2.33. The molecule has 1 N–H and O–H groups in total. The van der Waals surface area contributed by atoms with Gasteiger partial charge in [-0.25, -0.2) is 9.78 Å². The molecule has 2 rings (SSSR count). The number of methoxy groups -OCH3 is 1. The lowest BCUT2D eigenvalue weighted by atomic mass is 10.1. The Morgan fingerprint density at radius 3 is 2.50 bits per heavy atom. The first kappa shape index (κ1) is 16.0. The molecule has 0 atom stereocenters. The van der Waals surface area contributed by atoms with Gasteiger partial charge in [-0.2, -0.15) is 0 Å². The van der Waals surface area contributed by atoms with E-state index >= 15 is 0 Å². The van der Waals surface area contributed by atoms with E-state index in [1.54, 1.807) is 13.0 Å². The van der Waals surface area contributed by atoms with E-state index in [9.17, 15) is 4.79 Å². The van der Waals surface area contributed by atoms with E-state index < -0.39 is 5.97 Å². The standard InChI is InChI=1S/C17H17ClN2O2/c1-10(2)19-14-9-13(12-7-5-11(3)6-8-12)20-16(15(14)18)17(21)22-4/h5-9H,1H2,2-4H3,(H,19,20).